The van der Waals surface area contributed by atoms with Gasteiger partial charge in [0.25, 0.3) is 5.69 Å². The molecule has 9 heteroatoms. The molecule has 0 fully saturated rings. The van der Waals surface area contributed by atoms with Gasteiger partial charge >= 0.3 is 0 Å². The number of benzene rings is 1. The number of rotatable bonds is 6. The summed E-state index contributed by atoms with van der Waals surface area (Å²) >= 11 is 0. The molecule has 0 amide bonds. The number of nitrogens with one attached hydrogen (secondary N) is 1. The summed E-state index contributed by atoms with van der Waals surface area (Å²) in [5.41, 5.74) is -0.0353. The summed E-state index contributed by atoms with van der Waals surface area (Å²) in [5, 5.41) is 13.7. The topological polar surface area (TPSA) is 92.6 Å². The van der Waals surface area contributed by atoms with Gasteiger partial charge in [-0.05, 0) is 20.0 Å². The fourth-order valence-corrected chi connectivity index (χ4v) is 3.05. The van der Waals surface area contributed by atoms with Crippen LogP contribution in [0.5, 0.6) is 0 Å². The second-order valence-corrected chi connectivity index (χ2v) is 6.10. The predicted octanol–water partition coefficient (Wildman–Crippen LogP) is 1.16. The van der Waals surface area contributed by atoms with Crippen LogP contribution in [0, 0.1) is 17.0 Å². The van der Waals surface area contributed by atoms with Crippen LogP contribution in [0.4, 0.5) is 5.69 Å². The molecule has 0 aromatic heterocycles. The average molecular weight is 324 g/mol. The van der Waals surface area contributed by atoms with Gasteiger partial charge in [-0.1, -0.05) is 6.07 Å². The van der Waals surface area contributed by atoms with Crippen molar-refractivity contribution in [2.24, 2.45) is 0 Å². The SMILES string of the molecule is CNCCN(C)S(=O)(=O)c1cccc([N+](=O)[O-])c1C.Cl. The summed E-state index contributed by atoms with van der Waals surface area (Å²) in [6.07, 6.45) is 0. The van der Waals surface area contributed by atoms with E-state index >= 15 is 0 Å². The smallest absolute Gasteiger partial charge is 0.273 e. The molecule has 0 aliphatic carbocycles. The first-order chi connectivity index (χ1) is 8.82. The highest BCUT2D eigenvalue weighted by Gasteiger charge is 2.26. The Morgan fingerprint density at radius 2 is 2.00 bits per heavy atom. The third kappa shape index (κ3) is 3.89. The number of halogens is 1. The highest BCUT2D eigenvalue weighted by Crippen LogP contribution is 2.26. The Balaban J connectivity index is 0.00000361. The second kappa shape index (κ2) is 7.53. The average Bonchev–Trinajstić information content (AvgIpc) is 2.35. The van der Waals surface area contributed by atoms with Crippen LogP contribution in [0.3, 0.4) is 0 Å². The van der Waals surface area contributed by atoms with Gasteiger partial charge in [0.05, 0.1) is 9.82 Å². The van der Waals surface area contributed by atoms with E-state index in [0.717, 1.165) is 0 Å². The number of hydrogen-bond donors (Lipinski definition) is 1. The Morgan fingerprint density at radius 3 is 2.50 bits per heavy atom. The van der Waals surface area contributed by atoms with Crippen molar-refractivity contribution in [3.63, 3.8) is 0 Å². The molecule has 114 valence electrons. The molecule has 1 aromatic rings. The zero-order valence-electron chi connectivity index (χ0n) is 11.5. The Kier molecular flexibility index (Phi) is 7.07. The van der Waals surface area contributed by atoms with Crippen molar-refractivity contribution in [2.75, 3.05) is 27.2 Å². The minimum atomic E-state index is -3.71. The van der Waals surface area contributed by atoms with E-state index in [1.807, 2.05) is 0 Å². The number of nitrogens with zero attached hydrogens (tertiary/aromatic N) is 2. The Morgan fingerprint density at radius 1 is 1.40 bits per heavy atom. The van der Waals surface area contributed by atoms with Crippen molar-refractivity contribution >= 4 is 28.1 Å². The first kappa shape index (κ1) is 18.8. The largest absolute Gasteiger partial charge is 0.318 e. The lowest BCUT2D eigenvalue weighted by Gasteiger charge is -2.18. The summed E-state index contributed by atoms with van der Waals surface area (Å²) in [6, 6.07) is 4.05. The van der Waals surface area contributed by atoms with Crippen LogP contribution in [0.25, 0.3) is 0 Å². The Labute approximate surface area is 124 Å². The van der Waals surface area contributed by atoms with Gasteiger partial charge < -0.3 is 5.32 Å². The van der Waals surface area contributed by atoms with E-state index in [2.05, 4.69) is 5.32 Å². The third-order valence-electron chi connectivity index (χ3n) is 2.82. The van der Waals surface area contributed by atoms with Crippen LogP contribution >= 0.6 is 12.4 Å². The minimum absolute atomic E-state index is 0. The molecule has 7 nitrogen and oxygen atoms in total. The fraction of sp³-hybridized carbons (Fsp3) is 0.455. The molecule has 0 aliphatic rings. The van der Waals surface area contributed by atoms with Crippen LogP contribution in [0.15, 0.2) is 23.1 Å². The van der Waals surface area contributed by atoms with Gasteiger partial charge in [-0.25, -0.2) is 8.42 Å². The molecule has 0 saturated carbocycles. The molecule has 20 heavy (non-hydrogen) atoms. The highest BCUT2D eigenvalue weighted by molar-refractivity contribution is 7.89. The maximum Gasteiger partial charge on any atom is 0.273 e. The molecule has 0 radical (unpaired) electrons. The van der Waals surface area contributed by atoms with E-state index in [1.54, 1.807) is 7.05 Å². The molecule has 1 rings (SSSR count). The maximum atomic E-state index is 12.3. The van der Waals surface area contributed by atoms with E-state index < -0.39 is 14.9 Å². The maximum absolute atomic E-state index is 12.3. The van der Waals surface area contributed by atoms with Crippen molar-refractivity contribution in [2.45, 2.75) is 11.8 Å². The number of sulfonamides is 1. The molecule has 0 spiro atoms. The van der Waals surface area contributed by atoms with Crippen molar-refractivity contribution in [3.8, 4) is 0 Å². The summed E-state index contributed by atoms with van der Waals surface area (Å²) in [4.78, 5) is 10.2. The summed E-state index contributed by atoms with van der Waals surface area (Å²) < 4.78 is 25.8. The van der Waals surface area contributed by atoms with Crippen LogP contribution in [0.1, 0.15) is 5.56 Å². The van der Waals surface area contributed by atoms with Gasteiger partial charge in [0.15, 0.2) is 0 Å². The Hall–Kier alpha value is -1.22. The third-order valence-corrected chi connectivity index (χ3v) is 4.82. The van der Waals surface area contributed by atoms with E-state index in [1.165, 1.54) is 36.5 Å². The molecule has 1 N–H and O–H groups in total. The van der Waals surface area contributed by atoms with Gasteiger partial charge in [-0.2, -0.15) is 4.31 Å². The molecular weight excluding hydrogens is 306 g/mol. The van der Waals surface area contributed by atoms with Crippen LogP contribution in [-0.2, 0) is 10.0 Å². The summed E-state index contributed by atoms with van der Waals surface area (Å²) in [7, 11) is -0.538. The van der Waals surface area contributed by atoms with E-state index in [-0.39, 0.29) is 28.6 Å². The van der Waals surface area contributed by atoms with Gasteiger partial charge in [-0.15, -0.1) is 12.4 Å². The van der Waals surface area contributed by atoms with Crippen molar-refractivity contribution in [3.05, 3.63) is 33.9 Å². The predicted molar refractivity (Wildman–Crippen MR) is 78.8 cm³/mol. The molecule has 1 aromatic carbocycles. The van der Waals surface area contributed by atoms with E-state index in [9.17, 15) is 18.5 Å². The molecular formula is C11H18ClN3O4S. The number of hydrogen-bond acceptors (Lipinski definition) is 5. The summed E-state index contributed by atoms with van der Waals surface area (Å²) in [6.45, 7) is 2.24. The van der Waals surface area contributed by atoms with Crippen LogP contribution < -0.4 is 5.32 Å². The number of nitro benzene ring substituents is 1. The fourth-order valence-electron chi connectivity index (χ4n) is 1.64. The molecule has 0 heterocycles. The van der Waals surface area contributed by atoms with Crippen molar-refractivity contribution in [1.29, 1.82) is 0 Å². The lowest BCUT2D eigenvalue weighted by molar-refractivity contribution is -0.385. The van der Waals surface area contributed by atoms with Gasteiger partial charge in [0.2, 0.25) is 10.0 Å². The van der Waals surface area contributed by atoms with Gasteiger partial charge in [0.1, 0.15) is 0 Å². The van der Waals surface area contributed by atoms with E-state index in [4.69, 9.17) is 0 Å². The lowest BCUT2D eigenvalue weighted by atomic mass is 10.2. The normalized spacial score (nSPS) is 11.2. The standard InChI is InChI=1S/C11H17N3O4S.ClH/c1-9-10(14(15)16)5-4-6-11(9)19(17,18)13(3)8-7-12-2;/h4-6,12H,7-8H2,1-3H3;1H. The van der Waals surface area contributed by atoms with E-state index in [0.29, 0.717) is 13.1 Å². The first-order valence-electron chi connectivity index (χ1n) is 5.67. The quantitative estimate of drug-likeness (QED) is 0.626. The molecule has 0 aliphatic heterocycles. The highest BCUT2D eigenvalue weighted by atomic mass is 35.5. The lowest BCUT2D eigenvalue weighted by Crippen LogP contribution is -2.33. The van der Waals surface area contributed by atoms with Gasteiger partial charge in [-0.3, -0.25) is 10.1 Å². The van der Waals surface area contributed by atoms with Crippen molar-refractivity contribution in [1.82, 2.24) is 9.62 Å². The molecule has 0 unspecified atom stereocenters. The minimum Gasteiger partial charge on any atom is -0.318 e. The molecule has 0 saturated heterocycles. The zero-order chi connectivity index (χ0) is 14.6. The molecule has 0 atom stereocenters. The zero-order valence-corrected chi connectivity index (χ0v) is 13.1. The molecule has 0 bridgehead atoms. The van der Waals surface area contributed by atoms with Crippen LogP contribution in [0.2, 0.25) is 0 Å². The van der Waals surface area contributed by atoms with Gasteiger partial charge in [0, 0.05) is 31.8 Å². The Bertz CT molecular complexity index is 577. The van der Waals surface area contributed by atoms with Crippen LogP contribution in [-0.4, -0.2) is 44.8 Å². The van der Waals surface area contributed by atoms with Crippen molar-refractivity contribution < 1.29 is 13.3 Å². The number of likely N-dealkylation sites (N-methyl/N-ethyl adjacent to an activating group) is 2. The number of nitro groups is 1. The summed E-state index contributed by atoms with van der Waals surface area (Å²) in [5.74, 6) is 0. The monoisotopic (exact) mass is 323 g/mol. The second-order valence-electron chi connectivity index (χ2n) is 4.09. The first-order valence-corrected chi connectivity index (χ1v) is 7.11.